The minimum absolute atomic E-state index is 0.0835. The molecule has 1 aliphatic rings. The molecule has 128 valence electrons. The van der Waals surface area contributed by atoms with Crippen molar-refractivity contribution in [2.24, 2.45) is 0 Å². The summed E-state index contributed by atoms with van der Waals surface area (Å²) < 4.78 is 20.3. The van der Waals surface area contributed by atoms with Gasteiger partial charge in [0.2, 0.25) is 0 Å². The Morgan fingerprint density at radius 2 is 2.12 bits per heavy atom. The summed E-state index contributed by atoms with van der Waals surface area (Å²) in [6.07, 6.45) is 1.97. The third-order valence-corrected chi connectivity index (χ3v) is 4.24. The summed E-state index contributed by atoms with van der Waals surface area (Å²) in [6, 6.07) is 5.93. The summed E-state index contributed by atoms with van der Waals surface area (Å²) in [6.45, 7) is 5.67. The van der Waals surface area contributed by atoms with Crippen molar-refractivity contribution in [2.75, 3.05) is 19.7 Å². The number of amides is 1. The Kier molecular flexibility index (Phi) is 4.89. The van der Waals surface area contributed by atoms with Crippen LogP contribution in [0.5, 0.6) is 0 Å². The molecule has 0 N–H and O–H groups in total. The van der Waals surface area contributed by atoms with Gasteiger partial charge in [-0.25, -0.2) is 9.07 Å². The molecule has 0 aliphatic carbocycles. The molecule has 0 saturated carbocycles. The van der Waals surface area contributed by atoms with Gasteiger partial charge in [0, 0.05) is 19.7 Å². The second-order valence-electron chi connectivity index (χ2n) is 5.88. The van der Waals surface area contributed by atoms with Crippen LogP contribution in [0.4, 0.5) is 4.39 Å². The molecule has 0 radical (unpaired) electrons. The van der Waals surface area contributed by atoms with Crippen LogP contribution in [0.2, 0.25) is 0 Å². The summed E-state index contributed by atoms with van der Waals surface area (Å²) in [5.41, 5.74) is 1.65. The largest absolute Gasteiger partial charge is 0.377 e. The Balaban J connectivity index is 1.80. The first-order valence-electron chi connectivity index (χ1n) is 8.19. The molecule has 7 heteroatoms. The van der Waals surface area contributed by atoms with E-state index in [1.165, 1.54) is 12.1 Å². The lowest BCUT2D eigenvalue weighted by atomic mass is 10.1. The fraction of sp³-hybridized carbons (Fsp3) is 0.471. The van der Waals surface area contributed by atoms with Crippen molar-refractivity contribution < 1.29 is 13.9 Å². The Morgan fingerprint density at radius 1 is 1.38 bits per heavy atom. The molecule has 1 amide bonds. The number of piperidine rings is 1. The number of halogens is 1. The molecule has 2 aromatic rings. The zero-order valence-electron chi connectivity index (χ0n) is 13.9. The lowest BCUT2D eigenvalue weighted by Crippen LogP contribution is -2.43. The molecule has 1 aromatic heterocycles. The number of benzene rings is 1. The molecular formula is C17H21FN4O2. The summed E-state index contributed by atoms with van der Waals surface area (Å²) in [5, 5.41) is 8.10. The summed E-state index contributed by atoms with van der Waals surface area (Å²) in [5.74, 6) is -0.451. The first kappa shape index (κ1) is 16.6. The minimum atomic E-state index is -0.317. The van der Waals surface area contributed by atoms with Crippen LogP contribution in [0.15, 0.2) is 24.3 Å². The number of carbonyl (C=O) groups excluding carboxylic acids is 1. The van der Waals surface area contributed by atoms with Crippen LogP contribution in [0, 0.1) is 12.7 Å². The molecule has 1 fully saturated rings. The highest BCUT2D eigenvalue weighted by Gasteiger charge is 2.28. The maximum atomic E-state index is 13.1. The monoisotopic (exact) mass is 332 g/mol. The standard InChI is InChI=1S/C17H21FN4O2/c1-3-24-15-5-4-10-21(11-15)17(23)16-12(2)22(20-19-16)14-8-6-13(18)7-9-14/h6-9,15H,3-5,10-11H2,1-2H3. The third kappa shape index (κ3) is 3.31. The van der Waals surface area contributed by atoms with E-state index >= 15 is 0 Å². The van der Waals surface area contributed by atoms with E-state index in [1.54, 1.807) is 28.6 Å². The molecule has 1 saturated heterocycles. The van der Waals surface area contributed by atoms with E-state index in [0.29, 0.717) is 36.8 Å². The zero-order valence-corrected chi connectivity index (χ0v) is 13.9. The second kappa shape index (κ2) is 7.09. The first-order valence-corrected chi connectivity index (χ1v) is 8.19. The van der Waals surface area contributed by atoms with Crippen LogP contribution in [-0.2, 0) is 4.74 Å². The molecule has 0 bridgehead atoms. The van der Waals surface area contributed by atoms with Gasteiger partial charge >= 0.3 is 0 Å². The summed E-state index contributed by atoms with van der Waals surface area (Å²) >= 11 is 0. The predicted octanol–water partition coefficient (Wildman–Crippen LogP) is 2.36. The van der Waals surface area contributed by atoms with Crippen molar-refractivity contribution in [3.05, 3.63) is 41.5 Å². The number of nitrogens with zero attached hydrogens (tertiary/aromatic N) is 4. The normalized spacial score (nSPS) is 18.0. The Labute approximate surface area is 140 Å². The lowest BCUT2D eigenvalue weighted by Gasteiger charge is -2.32. The second-order valence-corrected chi connectivity index (χ2v) is 5.88. The number of hydrogen-bond donors (Lipinski definition) is 0. The van der Waals surface area contributed by atoms with E-state index in [4.69, 9.17) is 4.74 Å². The highest BCUT2D eigenvalue weighted by Crippen LogP contribution is 2.18. The van der Waals surface area contributed by atoms with Gasteiger partial charge in [-0.2, -0.15) is 0 Å². The van der Waals surface area contributed by atoms with Crippen LogP contribution in [0.1, 0.15) is 35.9 Å². The van der Waals surface area contributed by atoms with Crippen LogP contribution in [0.3, 0.4) is 0 Å². The Morgan fingerprint density at radius 3 is 2.83 bits per heavy atom. The minimum Gasteiger partial charge on any atom is -0.377 e. The summed E-state index contributed by atoms with van der Waals surface area (Å²) in [7, 11) is 0. The van der Waals surface area contributed by atoms with Crippen molar-refractivity contribution >= 4 is 5.91 Å². The Hall–Kier alpha value is -2.28. The third-order valence-electron chi connectivity index (χ3n) is 4.24. The van der Waals surface area contributed by atoms with Gasteiger partial charge in [-0.05, 0) is 51.0 Å². The van der Waals surface area contributed by atoms with Gasteiger partial charge in [0.15, 0.2) is 5.69 Å². The van der Waals surface area contributed by atoms with Gasteiger partial charge in [-0.15, -0.1) is 5.10 Å². The lowest BCUT2D eigenvalue weighted by molar-refractivity contribution is 0.00700. The molecule has 24 heavy (non-hydrogen) atoms. The van der Waals surface area contributed by atoms with Crippen LogP contribution in [-0.4, -0.2) is 51.6 Å². The number of rotatable bonds is 4. The molecule has 1 unspecified atom stereocenters. The van der Waals surface area contributed by atoms with Gasteiger partial charge in [-0.3, -0.25) is 4.79 Å². The maximum absolute atomic E-state index is 13.1. The first-order chi connectivity index (χ1) is 11.6. The molecule has 3 rings (SSSR count). The number of carbonyl (C=O) groups is 1. The number of hydrogen-bond acceptors (Lipinski definition) is 4. The van der Waals surface area contributed by atoms with Crippen molar-refractivity contribution in [3.8, 4) is 5.69 Å². The smallest absolute Gasteiger partial charge is 0.276 e. The van der Waals surface area contributed by atoms with E-state index in [9.17, 15) is 9.18 Å². The van der Waals surface area contributed by atoms with Gasteiger partial charge in [0.05, 0.1) is 17.5 Å². The molecule has 1 aromatic carbocycles. The molecule has 1 aliphatic heterocycles. The molecule has 6 nitrogen and oxygen atoms in total. The van der Waals surface area contributed by atoms with Gasteiger partial charge < -0.3 is 9.64 Å². The fourth-order valence-corrected chi connectivity index (χ4v) is 3.00. The van der Waals surface area contributed by atoms with Crippen molar-refractivity contribution in [1.29, 1.82) is 0 Å². The predicted molar refractivity (Wildman–Crippen MR) is 86.6 cm³/mol. The Bertz CT molecular complexity index is 712. The van der Waals surface area contributed by atoms with E-state index in [2.05, 4.69) is 10.3 Å². The quantitative estimate of drug-likeness (QED) is 0.862. The molecular weight excluding hydrogens is 311 g/mol. The van der Waals surface area contributed by atoms with Crippen molar-refractivity contribution in [2.45, 2.75) is 32.8 Å². The van der Waals surface area contributed by atoms with Gasteiger partial charge in [-0.1, -0.05) is 5.21 Å². The molecule has 1 atom stereocenters. The van der Waals surface area contributed by atoms with E-state index in [1.807, 2.05) is 6.92 Å². The number of ether oxygens (including phenoxy) is 1. The highest BCUT2D eigenvalue weighted by molar-refractivity contribution is 5.93. The van der Waals surface area contributed by atoms with E-state index < -0.39 is 0 Å². The number of aromatic nitrogens is 3. The molecule has 2 heterocycles. The van der Waals surface area contributed by atoms with Crippen LogP contribution in [0.25, 0.3) is 5.69 Å². The van der Waals surface area contributed by atoms with Crippen molar-refractivity contribution in [3.63, 3.8) is 0 Å². The maximum Gasteiger partial charge on any atom is 0.276 e. The summed E-state index contributed by atoms with van der Waals surface area (Å²) in [4.78, 5) is 14.5. The van der Waals surface area contributed by atoms with Crippen molar-refractivity contribution in [1.82, 2.24) is 19.9 Å². The van der Waals surface area contributed by atoms with E-state index in [0.717, 1.165) is 12.8 Å². The van der Waals surface area contributed by atoms with E-state index in [-0.39, 0.29) is 17.8 Å². The van der Waals surface area contributed by atoms with Gasteiger partial charge in [0.25, 0.3) is 5.91 Å². The average molecular weight is 332 g/mol. The topological polar surface area (TPSA) is 60.2 Å². The fourth-order valence-electron chi connectivity index (χ4n) is 3.00. The zero-order chi connectivity index (χ0) is 17.1. The van der Waals surface area contributed by atoms with Gasteiger partial charge in [0.1, 0.15) is 5.82 Å². The van der Waals surface area contributed by atoms with Crippen LogP contribution < -0.4 is 0 Å². The highest BCUT2D eigenvalue weighted by atomic mass is 19.1. The average Bonchev–Trinajstić information content (AvgIpc) is 2.97. The van der Waals surface area contributed by atoms with Crippen LogP contribution >= 0.6 is 0 Å². The SMILES string of the molecule is CCOC1CCCN(C(=O)c2nnn(-c3ccc(F)cc3)c2C)C1. The number of likely N-dealkylation sites (tertiary alicyclic amines) is 1. The molecule has 0 spiro atoms.